The van der Waals surface area contributed by atoms with Crippen LogP contribution >= 0.6 is 0 Å². The molecule has 0 aliphatic carbocycles. The number of aryl methyl sites for hydroxylation is 2. The van der Waals surface area contributed by atoms with Crippen LogP contribution in [0, 0.1) is 13.8 Å². The highest BCUT2D eigenvalue weighted by Gasteiger charge is 2.08. The van der Waals surface area contributed by atoms with E-state index in [0.717, 1.165) is 6.42 Å². The van der Waals surface area contributed by atoms with Crippen LogP contribution in [0.4, 0.5) is 0 Å². The fourth-order valence-electron chi connectivity index (χ4n) is 2.41. The molecule has 0 N–H and O–H groups in total. The van der Waals surface area contributed by atoms with Crippen molar-refractivity contribution in [3.8, 4) is 11.1 Å². The van der Waals surface area contributed by atoms with Gasteiger partial charge in [0.15, 0.2) is 0 Å². The number of hydrogen-bond acceptors (Lipinski definition) is 0. The number of hydrogen-bond donors (Lipinski definition) is 0. The Balaban J connectivity index is 2.59. The van der Waals surface area contributed by atoms with Crippen LogP contribution in [0.3, 0.4) is 0 Å². The highest BCUT2D eigenvalue weighted by atomic mass is 14.1. The maximum absolute atomic E-state index is 2.25. The summed E-state index contributed by atoms with van der Waals surface area (Å²) < 4.78 is 0. The van der Waals surface area contributed by atoms with Crippen LogP contribution < -0.4 is 0 Å². The summed E-state index contributed by atoms with van der Waals surface area (Å²) in [7, 11) is 0. The first-order chi connectivity index (χ1) is 8.24. The molecule has 0 unspecified atom stereocenters. The van der Waals surface area contributed by atoms with Gasteiger partial charge in [-0.15, -0.1) is 0 Å². The van der Waals surface area contributed by atoms with E-state index in [-0.39, 0.29) is 0 Å². The Morgan fingerprint density at radius 3 is 2.12 bits per heavy atom. The lowest BCUT2D eigenvalue weighted by atomic mass is 9.91. The van der Waals surface area contributed by atoms with Gasteiger partial charge in [0, 0.05) is 0 Å². The molecule has 88 valence electrons. The van der Waals surface area contributed by atoms with Crippen molar-refractivity contribution >= 4 is 0 Å². The molecule has 0 fully saturated rings. The Morgan fingerprint density at radius 1 is 0.765 bits per heavy atom. The van der Waals surface area contributed by atoms with Crippen molar-refractivity contribution < 1.29 is 0 Å². The molecular weight excluding hydrogens is 204 g/mol. The summed E-state index contributed by atoms with van der Waals surface area (Å²) in [5.74, 6) is 0. The first-order valence-electron chi connectivity index (χ1n) is 6.38. The van der Waals surface area contributed by atoms with Gasteiger partial charge in [-0.05, 0) is 48.1 Å². The molecule has 0 heteroatoms. The SMILES string of the molecule is CCCc1c(C)cccc1-c1ccccc1C. The summed E-state index contributed by atoms with van der Waals surface area (Å²) in [4.78, 5) is 0. The summed E-state index contributed by atoms with van der Waals surface area (Å²) in [5.41, 5.74) is 7.05. The minimum absolute atomic E-state index is 1.16. The molecule has 0 heterocycles. The Morgan fingerprint density at radius 2 is 1.41 bits per heavy atom. The minimum atomic E-state index is 1.16. The lowest BCUT2D eigenvalue weighted by Crippen LogP contribution is -1.94. The Bertz CT molecular complexity index is 509. The second-order valence-corrected chi connectivity index (χ2v) is 4.67. The Labute approximate surface area is 104 Å². The van der Waals surface area contributed by atoms with Gasteiger partial charge in [0.2, 0.25) is 0 Å². The first kappa shape index (κ1) is 11.9. The third-order valence-corrected chi connectivity index (χ3v) is 3.35. The standard InChI is InChI=1S/C17H20/c1-4-8-15-14(3)10-7-12-17(15)16-11-6-5-9-13(16)2/h5-7,9-12H,4,8H2,1-3H3. The smallest absolute Gasteiger partial charge is 0.0147 e. The molecule has 0 aliphatic heterocycles. The zero-order valence-corrected chi connectivity index (χ0v) is 11.0. The highest BCUT2D eigenvalue weighted by Crippen LogP contribution is 2.29. The third-order valence-electron chi connectivity index (χ3n) is 3.35. The van der Waals surface area contributed by atoms with E-state index in [9.17, 15) is 0 Å². The maximum Gasteiger partial charge on any atom is -0.0147 e. The van der Waals surface area contributed by atoms with Gasteiger partial charge in [-0.3, -0.25) is 0 Å². The summed E-state index contributed by atoms with van der Waals surface area (Å²) in [6, 6.07) is 15.3. The van der Waals surface area contributed by atoms with Crippen LogP contribution in [0.25, 0.3) is 11.1 Å². The fraction of sp³-hybridized carbons (Fsp3) is 0.294. The van der Waals surface area contributed by atoms with E-state index in [4.69, 9.17) is 0 Å². The zero-order valence-electron chi connectivity index (χ0n) is 11.0. The fourth-order valence-corrected chi connectivity index (χ4v) is 2.41. The average Bonchev–Trinajstić information content (AvgIpc) is 2.33. The van der Waals surface area contributed by atoms with Crippen molar-refractivity contribution in [1.82, 2.24) is 0 Å². The molecule has 0 atom stereocenters. The van der Waals surface area contributed by atoms with E-state index >= 15 is 0 Å². The number of rotatable bonds is 3. The van der Waals surface area contributed by atoms with Crippen molar-refractivity contribution in [2.75, 3.05) is 0 Å². The van der Waals surface area contributed by atoms with Crippen LogP contribution in [0.2, 0.25) is 0 Å². The second-order valence-electron chi connectivity index (χ2n) is 4.67. The van der Waals surface area contributed by atoms with E-state index in [1.807, 2.05) is 0 Å². The molecule has 17 heavy (non-hydrogen) atoms. The Hall–Kier alpha value is -1.56. The highest BCUT2D eigenvalue weighted by molar-refractivity contribution is 5.71. The van der Waals surface area contributed by atoms with Crippen LogP contribution in [0.1, 0.15) is 30.0 Å². The molecule has 2 aromatic carbocycles. The monoisotopic (exact) mass is 224 g/mol. The first-order valence-corrected chi connectivity index (χ1v) is 6.38. The summed E-state index contributed by atoms with van der Waals surface area (Å²) in [6.45, 7) is 6.65. The van der Waals surface area contributed by atoms with Gasteiger partial charge >= 0.3 is 0 Å². The molecule has 0 radical (unpaired) electrons. The summed E-state index contributed by atoms with van der Waals surface area (Å²) in [5, 5.41) is 0. The normalized spacial score (nSPS) is 10.5. The molecule has 0 saturated carbocycles. The predicted octanol–water partition coefficient (Wildman–Crippen LogP) is 4.92. The van der Waals surface area contributed by atoms with Crippen molar-refractivity contribution in [2.45, 2.75) is 33.6 Å². The summed E-state index contributed by atoms with van der Waals surface area (Å²) in [6.07, 6.45) is 2.36. The van der Waals surface area contributed by atoms with Gasteiger partial charge in [-0.2, -0.15) is 0 Å². The van der Waals surface area contributed by atoms with Crippen LogP contribution in [0.5, 0.6) is 0 Å². The molecule has 0 aliphatic rings. The lowest BCUT2D eigenvalue weighted by molar-refractivity contribution is 0.914. The number of benzene rings is 2. The Kier molecular flexibility index (Phi) is 3.63. The molecule has 0 nitrogen and oxygen atoms in total. The van der Waals surface area contributed by atoms with Gasteiger partial charge in [0.25, 0.3) is 0 Å². The van der Waals surface area contributed by atoms with Crippen LogP contribution in [0.15, 0.2) is 42.5 Å². The van der Waals surface area contributed by atoms with Crippen molar-refractivity contribution in [3.05, 3.63) is 59.2 Å². The average molecular weight is 224 g/mol. The maximum atomic E-state index is 2.25. The lowest BCUT2D eigenvalue weighted by Gasteiger charge is -2.14. The zero-order chi connectivity index (χ0) is 12.3. The van der Waals surface area contributed by atoms with E-state index in [1.54, 1.807) is 0 Å². The molecule has 0 saturated heterocycles. The molecular formula is C17H20. The minimum Gasteiger partial charge on any atom is -0.0651 e. The van der Waals surface area contributed by atoms with Crippen LogP contribution in [-0.2, 0) is 6.42 Å². The van der Waals surface area contributed by atoms with Gasteiger partial charge < -0.3 is 0 Å². The quantitative estimate of drug-likeness (QED) is 0.694. The molecule has 2 rings (SSSR count). The summed E-state index contributed by atoms with van der Waals surface area (Å²) >= 11 is 0. The molecule has 0 amide bonds. The third kappa shape index (κ3) is 2.41. The predicted molar refractivity (Wildman–Crippen MR) is 75.3 cm³/mol. The van der Waals surface area contributed by atoms with Gasteiger partial charge in [0.05, 0.1) is 0 Å². The van der Waals surface area contributed by atoms with Gasteiger partial charge in [0.1, 0.15) is 0 Å². The van der Waals surface area contributed by atoms with Crippen molar-refractivity contribution in [1.29, 1.82) is 0 Å². The van der Waals surface area contributed by atoms with Crippen molar-refractivity contribution in [3.63, 3.8) is 0 Å². The second kappa shape index (κ2) is 5.18. The van der Waals surface area contributed by atoms with Crippen LogP contribution in [-0.4, -0.2) is 0 Å². The van der Waals surface area contributed by atoms with E-state index < -0.39 is 0 Å². The van der Waals surface area contributed by atoms with E-state index in [0.29, 0.717) is 0 Å². The molecule has 0 spiro atoms. The van der Waals surface area contributed by atoms with Gasteiger partial charge in [-0.25, -0.2) is 0 Å². The molecule has 0 bridgehead atoms. The van der Waals surface area contributed by atoms with E-state index in [1.165, 1.54) is 34.2 Å². The largest absolute Gasteiger partial charge is 0.0651 e. The van der Waals surface area contributed by atoms with E-state index in [2.05, 4.69) is 63.2 Å². The van der Waals surface area contributed by atoms with Gasteiger partial charge in [-0.1, -0.05) is 55.8 Å². The van der Waals surface area contributed by atoms with Crippen molar-refractivity contribution in [2.24, 2.45) is 0 Å². The molecule has 2 aromatic rings. The molecule has 0 aromatic heterocycles. The topological polar surface area (TPSA) is 0 Å².